The van der Waals surface area contributed by atoms with E-state index in [1.165, 1.54) is 6.42 Å². The van der Waals surface area contributed by atoms with Crippen molar-refractivity contribution >= 4 is 33.4 Å². The number of carbonyl (C=O) groups is 1. The SMILES string of the molecule is N#CC1(NC(=O)c2cc(Cl)cc(Br)c2)CCCCCCC1. The van der Waals surface area contributed by atoms with Gasteiger partial charge in [0.1, 0.15) is 5.54 Å². The minimum Gasteiger partial charge on any atom is -0.334 e. The Bertz CT molecular complexity index is 540. The lowest BCUT2D eigenvalue weighted by Gasteiger charge is -2.29. The van der Waals surface area contributed by atoms with Gasteiger partial charge in [0.2, 0.25) is 0 Å². The maximum atomic E-state index is 12.4. The van der Waals surface area contributed by atoms with E-state index in [1.54, 1.807) is 18.2 Å². The number of rotatable bonds is 2. The van der Waals surface area contributed by atoms with Gasteiger partial charge >= 0.3 is 0 Å². The summed E-state index contributed by atoms with van der Waals surface area (Å²) in [5, 5.41) is 13.0. The van der Waals surface area contributed by atoms with E-state index >= 15 is 0 Å². The first-order valence-electron chi connectivity index (χ1n) is 7.24. The molecule has 0 aromatic heterocycles. The molecule has 0 atom stereocenters. The van der Waals surface area contributed by atoms with Gasteiger partial charge < -0.3 is 5.32 Å². The molecule has 0 radical (unpaired) electrons. The zero-order valence-corrected chi connectivity index (χ0v) is 14.1. The number of amides is 1. The molecule has 112 valence electrons. The zero-order chi connectivity index (χ0) is 15.3. The summed E-state index contributed by atoms with van der Waals surface area (Å²) >= 11 is 9.31. The molecule has 0 unspecified atom stereocenters. The number of halogens is 2. The van der Waals surface area contributed by atoms with E-state index in [4.69, 9.17) is 11.6 Å². The van der Waals surface area contributed by atoms with Gasteiger partial charge in [-0.2, -0.15) is 5.26 Å². The monoisotopic (exact) mass is 368 g/mol. The van der Waals surface area contributed by atoms with Gasteiger partial charge in [-0.1, -0.05) is 59.6 Å². The summed E-state index contributed by atoms with van der Waals surface area (Å²) in [5.74, 6) is -0.236. The van der Waals surface area contributed by atoms with Gasteiger partial charge in [-0.15, -0.1) is 0 Å². The van der Waals surface area contributed by atoms with Crippen molar-refractivity contribution in [1.29, 1.82) is 5.26 Å². The second-order valence-electron chi connectivity index (χ2n) is 5.57. The molecule has 0 heterocycles. The average molecular weight is 370 g/mol. The highest BCUT2D eigenvalue weighted by atomic mass is 79.9. The molecule has 21 heavy (non-hydrogen) atoms. The molecule has 0 spiro atoms. The van der Waals surface area contributed by atoms with Crippen LogP contribution in [0.4, 0.5) is 0 Å². The van der Waals surface area contributed by atoms with Crippen LogP contribution in [0.15, 0.2) is 22.7 Å². The van der Waals surface area contributed by atoms with Crippen LogP contribution in [0.25, 0.3) is 0 Å². The molecule has 1 aliphatic carbocycles. The van der Waals surface area contributed by atoms with Crippen LogP contribution in [0.2, 0.25) is 5.02 Å². The Hall–Kier alpha value is -1.05. The third-order valence-corrected chi connectivity index (χ3v) is 4.57. The van der Waals surface area contributed by atoms with Crippen molar-refractivity contribution in [2.24, 2.45) is 0 Å². The Morgan fingerprint density at radius 1 is 1.19 bits per heavy atom. The van der Waals surface area contributed by atoms with Crippen molar-refractivity contribution < 1.29 is 4.79 Å². The molecule has 1 N–H and O–H groups in total. The number of nitriles is 1. The highest BCUT2D eigenvalue weighted by Gasteiger charge is 2.32. The van der Waals surface area contributed by atoms with Crippen molar-refractivity contribution in [2.75, 3.05) is 0 Å². The van der Waals surface area contributed by atoms with E-state index < -0.39 is 5.54 Å². The summed E-state index contributed by atoms with van der Waals surface area (Å²) < 4.78 is 0.754. The van der Waals surface area contributed by atoms with Gasteiger partial charge in [0.15, 0.2) is 0 Å². The minimum atomic E-state index is -0.744. The Kier molecular flexibility index (Phi) is 5.66. The smallest absolute Gasteiger partial charge is 0.252 e. The standard InChI is InChI=1S/C16H18BrClN2O/c17-13-8-12(9-14(18)10-13)15(21)20-16(11-19)6-4-2-1-3-5-7-16/h8-10H,1-7H2,(H,20,21). The highest BCUT2D eigenvalue weighted by Crippen LogP contribution is 2.27. The van der Waals surface area contributed by atoms with Crippen LogP contribution in [0.1, 0.15) is 55.3 Å². The van der Waals surface area contributed by atoms with Crippen LogP contribution >= 0.6 is 27.5 Å². The summed E-state index contributed by atoms with van der Waals surface area (Å²) in [6, 6.07) is 7.41. The lowest BCUT2D eigenvalue weighted by molar-refractivity contribution is 0.0907. The van der Waals surface area contributed by atoms with Crippen LogP contribution < -0.4 is 5.32 Å². The molecule has 1 aromatic rings. The van der Waals surface area contributed by atoms with Gasteiger partial charge in [-0.25, -0.2) is 0 Å². The molecule has 5 heteroatoms. The molecule has 1 amide bonds. The minimum absolute atomic E-state index is 0.236. The zero-order valence-electron chi connectivity index (χ0n) is 11.8. The summed E-state index contributed by atoms with van der Waals surface area (Å²) in [7, 11) is 0. The van der Waals surface area contributed by atoms with Crippen molar-refractivity contribution in [2.45, 2.75) is 50.5 Å². The highest BCUT2D eigenvalue weighted by molar-refractivity contribution is 9.10. The molecule has 1 aromatic carbocycles. The molecule has 0 saturated heterocycles. The van der Waals surface area contributed by atoms with Crippen LogP contribution in [0, 0.1) is 11.3 Å². The second-order valence-corrected chi connectivity index (χ2v) is 6.93. The second kappa shape index (κ2) is 7.29. The Balaban J connectivity index is 2.16. The van der Waals surface area contributed by atoms with E-state index in [2.05, 4.69) is 27.3 Å². The van der Waals surface area contributed by atoms with Gasteiger partial charge in [0.25, 0.3) is 5.91 Å². The van der Waals surface area contributed by atoms with E-state index in [0.717, 1.165) is 43.0 Å². The van der Waals surface area contributed by atoms with Gasteiger partial charge in [-0.3, -0.25) is 4.79 Å². The van der Waals surface area contributed by atoms with Crippen molar-refractivity contribution in [3.63, 3.8) is 0 Å². The van der Waals surface area contributed by atoms with E-state index in [-0.39, 0.29) is 5.91 Å². The van der Waals surface area contributed by atoms with Gasteiger partial charge in [0.05, 0.1) is 6.07 Å². The summed E-state index contributed by atoms with van der Waals surface area (Å²) in [4.78, 5) is 12.4. The molecule has 2 rings (SSSR count). The Labute approximate surface area is 138 Å². The quantitative estimate of drug-likeness (QED) is 0.811. The molecular weight excluding hydrogens is 352 g/mol. The fourth-order valence-corrected chi connectivity index (χ4v) is 3.61. The molecule has 0 bridgehead atoms. The van der Waals surface area contributed by atoms with Crippen molar-refractivity contribution in [3.05, 3.63) is 33.3 Å². The van der Waals surface area contributed by atoms with Crippen LogP contribution in [0.3, 0.4) is 0 Å². The molecule has 0 aliphatic heterocycles. The third kappa shape index (κ3) is 4.46. The fraction of sp³-hybridized carbons (Fsp3) is 0.500. The predicted octanol–water partition coefficient (Wildman–Crippen LogP) is 4.84. The molecule has 3 nitrogen and oxygen atoms in total. The van der Waals surface area contributed by atoms with Gasteiger partial charge in [-0.05, 0) is 31.0 Å². The van der Waals surface area contributed by atoms with Crippen molar-refractivity contribution in [3.8, 4) is 6.07 Å². The maximum Gasteiger partial charge on any atom is 0.252 e. The fourth-order valence-electron chi connectivity index (χ4n) is 2.75. The van der Waals surface area contributed by atoms with Crippen LogP contribution in [-0.4, -0.2) is 11.4 Å². The largest absolute Gasteiger partial charge is 0.334 e. The molecule has 1 aliphatic rings. The Morgan fingerprint density at radius 3 is 2.38 bits per heavy atom. The number of carbonyl (C=O) groups excluding carboxylic acids is 1. The number of hydrogen-bond acceptors (Lipinski definition) is 2. The first kappa shape index (κ1) is 16.3. The summed E-state index contributed by atoms with van der Waals surface area (Å²) in [5.41, 5.74) is -0.266. The lowest BCUT2D eigenvalue weighted by Crippen LogP contribution is -2.47. The van der Waals surface area contributed by atoms with E-state index in [1.807, 2.05) is 0 Å². The number of nitrogens with zero attached hydrogens (tertiary/aromatic N) is 1. The van der Waals surface area contributed by atoms with Gasteiger partial charge in [0, 0.05) is 15.1 Å². The van der Waals surface area contributed by atoms with Crippen LogP contribution in [0.5, 0.6) is 0 Å². The Morgan fingerprint density at radius 2 is 1.81 bits per heavy atom. The van der Waals surface area contributed by atoms with E-state index in [9.17, 15) is 10.1 Å². The topological polar surface area (TPSA) is 52.9 Å². The summed E-state index contributed by atoms with van der Waals surface area (Å²) in [6.45, 7) is 0. The van der Waals surface area contributed by atoms with Crippen molar-refractivity contribution in [1.82, 2.24) is 5.32 Å². The number of benzene rings is 1. The van der Waals surface area contributed by atoms with Crippen LogP contribution in [-0.2, 0) is 0 Å². The normalized spacial score (nSPS) is 18.1. The average Bonchev–Trinajstić information content (AvgIpc) is 2.41. The predicted molar refractivity (Wildman–Crippen MR) is 87.3 cm³/mol. The summed E-state index contributed by atoms with van der Waals surface area (Å²) in [6.07, 6.45) is 6.87. The number of nitrogens with one attached hydrogen (secondary N) is 1. The third-order valence-electron chi connectivity index (χ3n) is 3.90. The first-order chi connectivity index (χ1) is 10.0. The molecule has 1 fully saturated rings. The van der Waals surface area contributed by atoms with E-state index in [0.29, 0.717) is 10.6 Å². The molecular formula is C16H18BrClN2O. The number of hydrogen-bond donors (Lipinski definition) is 1. The lowest BCUT2D eigenvalue weighted by atomic mass is 9.85. The first-order valence-corrected chi connectivity index (χ1v) is 8.42. The molecule has 1 saturated carbocycles. The maximum absolute atomic E-state index is 12.4.